The molecule has 0 aliphatic rings. The maximum absolute atomic E-state index is 11.1. The predicted molar refractivity (Wildman–Crippen MR) is 58.6 cm³/mol. The molecule has 2 N–H and O–H groups in total. The summed E-state index contributed by atoms with van der Waals surface area (Å²) in [5.41, 5.74) is 0. The largest absolute Gasteiger partial charge is 0.234 e. The summed E-state index contributed by atoms with van der Waals surface area (Å²) in [6.45, 7) is 7.80. The van der Waals surface area contributed by atoms with Crippen molar-refractivity contribution < 1.29 is 16.8 Å². The molecule has 0 saturated carbocycles. The van der Waals surface area contributed by atoms with Crippen LogP contribution in [0.1, 0.15) is 13.3 Å². The van der Waals surface area contributed by atoms with E-state index in [1.807, 2.05) is 0 Å². The van der Waals surface area contributed by atoms with Gasteiger partial charge in [-0.1, -0.05) is 20.1 Å². The summed E-state index contributed by atoms with van der Waals surface area (Å²) in [4.78, 5) is 0. The van der Waals surface area contributed by atoms with E-state index in [2.05, 4.69) is 22.6 Å². The predicted octanol–water partition coefficient (Wildman–Crippen LogP) is -0.152. The van der Waals surface area contributed by atoms with Crippen LogP contribution in [0, 0.1) is 0 Å². The first-order valence-corrected chi connectivity index (χ1v) is 7.15. The quantitative estimate of drug-likeness (QED) is 0.618. The van der Waals surface area contributed by atoms with Gasteiger partial charge in [0, 0.05) is 10.8 Å². The lowest BCUT2D eigenvalue weighted by Crippen LogP contribution is -2.46. The summed E-state index contributed by atoms with van der Waals surface area (Å²) in [5.74, 6) is 0. The summed E-state index contributed by atoms with van der Waals surface area (Å²) >= 11 is 0. The lowest BCUT2D eigenvalue weighted by atomic mass is 10.4. The molecule has 0 atom stereocenters. The Kier molecular flexibility index (Phi) is 5.15. The zero-order chi connectivity index (χ0) is 12.1. The second kappa shape index (κ2) is 5.40. The van der Waals surface area contributed by atoms with Crippen molar-refractivity contribution in [2.24, 2.45) is 0 Å². The summed E-state index contributed by atoms with van der Waals surface area (Å²) in [7, 11) is -7.32. The minimum atomic E-state index is -3.66. The molecular formula is C7H14N2O4S2. The summed E-state index contributed by atoms with van der Waals surface area (Å²) in [5, 5.41) is 1.41. The van der Waals surface area contributed by atoms with Crippen LogP contribution in [0.3, 0.4) is 0 Å². The van der Waals surface area contributed by atoms with Crippen molar-refractivity contribution in [1.29, 1.82) is 0 Å². The van der Waals surface area contributed by atoms with Crippen LogP contribution >= 0.6 is 0 Å². The van der Waals surface area contributed by atoms with E-state index in [4.69, 9.17) is 0 Å². The second-order valence-electron chi connectivity index (χ2n) is 2.62. The first-order chi connectivity index (χ1) is 6.76. The van der Waals surface area contributed by atoms with E-state index in [0.29, 0.717) is 10.8 Å². The molecule has 0 heterocycles. The van der Waals surface area contributed by atoms with Gasteiger partial charge in [-0.25, -0.2) is 16.8 Å². The number of hydrogen-bond donors (Lipinski definition) is 2. The van der Waals surface area contributed by atoms with Crippen LogP contribution in [0.5, 0.6) is 0 Å². The average molecular weight is 254 g/mol. The van der Waals surface area contributed by atoms with Crippen molar-refractivity contribution in [2.75, 3.05) is 0 Å². The Labute approximate surface area is 90.2 Å². The molecule has 0 spiro atoms. The number of hydrogen-bond acceptors (Lipinski definition) is 4. The van der Waals surface area contributed by atoms with E-state index in [1.54, 1.807) is 6.92 Å². The Morgan fingerprint density at radius 2 is 1.40 bits per heavy atom. The van der Waals surface area contributed by atoms with Crippen LogP contribution in [-0.4, -0.2) is 23.0 Å². The Morgan fingerprint density at radius 1 is 1.07 bits per heavy atom. The average Bonchev–Trinajstić information content (AvgIpc) is 2.16. The molecular weight excluding hydrogens is 240 g/mol. The molecule has 0 aromatic heterocycles. The third kappa shape index (κ3) is 5.67. The standard InChI is InChI=1S/C7H14N2O4S2/c1-4-7(8-14(10,11)5-2)9-15(12,13)6-3/h5-9H,2-4H2,1H3. The smallest absolute Gasteiger partial charge is 0.208 e. The highest BCUT2D eigenvalue weighted by atomic mass is 32.2. The van der Waals surface area contributed by atoms with Crippen molar-refractivity contribution in [2.45, 2.75) is 19.5 Å². The highest BCUT2D eigenvalue weighted by molar-refractivity contribution is 7.93. The Bertz CT molecular complexity index is 384. The zero-order valence-corrected chi connectivity index (χ0v) is 9.94. The molecule has 0 fully saturated rings. The SMILES string of the molecule is C=CS(=O)(=O)NC(CC)NS(=O)(=O)C=C. The molecule has 0 amide bonds. The highest BCUT2D eigenvalue weighted by Crippen LogP contribution is 1.96. The van der Waals surface area contributed by atoms with Gasteiger partial charge in [0.25, 0.3) is 0 Å². The minimum absolute atomic E-state index is 0.264. The van der Waals surface area contributed by atoms with Crippen molar-refractivity contribution in [1.82, 2.24) is 9.44 Å². The summed E-state index contributed by atoms with van der Waals surface area (Å²) in [6, 6.07) is 0. The molecule has 0 radical (unpaired) electrons. The van der Waals surface area contributed by atoms with Gasteiger partial charge in [0.2, 0.25) is 20.0 Å². The fourth-order valence-electron chi connectivity index (χ4n) is 0.684. The molecule has 0 bridgehead atoms. The van der Waals surface area contributed by atoms with E-state index < -0.39 is 26.2 Å². The molecule has 0 unspecified atom stereocenters. The molecule has 0 saturated heterocycles. The van der Waals surface area contributed by atoms with Crippen LogP contribution in [0.25, 0.3) is 0 Å². The van der Waals surface area contributed by atoms with Crippen LogP contribution in [0.2, 0.25) is 0 Å². The first-order valence-electron chi connectivity index (χ1n) is 4.06. The van der Waals surface area contributed by atoms with Crippen LogP contribution in [0.4, 0.5) is 0 Å². The molecule has 15 heavy (non-hydrogen) atoms. The van der Waals surface area contributed by atoms with E-state index in [9.17, 15) is 16.8 Å². The number of nitrogens with one attached hydrogen (secondary N) is 2. The van der Waals surface area contributed by atoms with Crippen LogP contribution < -0.4 is 9.44 Å². The lowest BCUT2D eigenvalue weighted by molar-refractivity contribution is 0.515. The fraction of sp³-hybridized carbons (Fsp3) is 0.429. The molecule has 0 aromatic rings. The topological polar surface area (TPSA) is 92.3 Å². The van der Waals surface area contributed by atoms with E-state index in [-0.39, 0.29) is 6.42 Å². The third-order valence-corrected chi connectivity index (χ3v) is 3.56. The van der Waals surface area contributed by atoms with E-state index in [1.165, 1.54) is 0 Å². The molecule has 88 valence electrons. The third-order valence-electron chi connectivity index (χ3n) is 1.46. The van der Waals surface area contributed by atoms with Gasteiger partial charge in [0.15, 0.2) is 0 Å². The van der Waals surface area contributed by atoms with Gasteiger partial charge in [-0.3, -0.25) is 0 Å². The van der Waals surface area contributed by atoms with Gasteiger partial charge in [0.05, 0.1) is 6.17 Å². The van der Waals surface area contributed by atoms with Crippen molar-refractivity contribution >= 4 is 20.0 Å². The van der Waals surface area contributed by atoms with Gasteiger partial charge >= 0.3 is 0 Å². The Balaban J connectivity index is 4.68. The van der Waals surface area contributed by atoms with Gasteiger partial charge in [0.1, 0.15) is 0 Å². The van der Waals surface area contributed by atoms with Gasteiger partial charge < -0.3 is 0 Å². The monoisotopic (exact) mass is 254 g/mol. The fourth-order valence-corrected chi connectivity index (χ4v) is 2.19. The van der Waals surface area contributed by atoms with Crippen LogP contribution in [0.15, 0.2) is 24.0 Å². The van der Waals surface area contributed by atoms with E-state index >= 15 is 0 Å². The minimum Gasteiger partial charge on any atom is -0.208 e. The lowest BCUT2D eigenvalue weighted by Gasteiger charge is -2.15. The maximum Gasteiger partial charge on any atom is 0.234 e. The second-order valence-corrected chi connectivity index (χ2v) is 5.94. The molecule has 0 aliphatic heterocycles. The molecule has 0 aromatic carbocycles. The zero-order valence-electron chi connectivity index (χ0n) is 8.30. The van der Waals surface area contributed by atoms with Crippen LogP contribution in [-0.2, 0) is 20.0 Å². The molecule has 8 heteroatoms. The van der Waals surface area contributed by atoms with Gasteiger partial charge in [-0.2, -0.15) is 9.44 Å². The summed E-state index contributed by atoms with van der Waals surface area (Å²) in [6.07, 6.45) is -0.642. The highest BCUT2D eigenvalue weighted by Gasteiger charge is 2.17. The number of rotatable bonds is 7. The normalized spacial score (nSPS) is 12.7. The van der Waals surface area contributed by atoms with Crippen molar-refractivity contribution in [3.63, 3.8) is 0 Å². The summed E-state index contributed by atoms with van der Waals surface area (Å²) < 4.78 is 48.4. The maximum atomic E-state index is 11.1. The van der Waals surface area contributed by atoms with Gasteiger partial charge in [-0.15, -0.1) is 0 Å². The van der Waals surface area contributed by atoms with Crippen molar-refractivity contribution in [3.8, 4) is 0 Å². The first kappa shape index (κ1) is 14.3. The van der Waals surface area contributed by atoms with E-state index in [0.717, 1.165) is 0 Å². The molecule has 0 aliphatic carbocycles. The van der Waals surface area contributed by atoms with Gasteiger partial charge in [-0.05, 0) is 6.42 Å². The molecule has 0 rings (SSSR count). The number of sulfonamides is 2. The van der Waals surface area contributed by atoms with Crippen molar-refractivity contribution in [3.05, 3.63) is 24.0 Å². The molecule has 6 nitrogen and oxygen atoms in total. The Hall–Kier alpha value is -0.700. The Morgan fingerprint density at radius 3 is 1.60 bits per heavy atom.